The molecule has 0 aromatic heterocycles. The van der Waals surface area contributed by atoms with Crippen LogP contribution in [0, 0.1) is 0 Å². The van der Waals surface area contributed by atoms with Crippen LogP contribution in [0.25, 0.3) is 0 Å². The van der Waals surface area contributed by atoms with Crippen LogP contribution < -0.4 is 20.5 Å². The summed E-state index contributed by atoms with van der Waals surface area (Å²) < 4.78 is 0. The van der Waals surface area contributed by atoms with Gasteiger partial charge >= 0.3 is 0 Å². The fourth-order valence-corrected chi connectivity index (χ4v) is 6.36. The van der Waals surface area contributed by atoms with Crippen molar-refractivity contribution < 1.29 is 0 Å². The number of rotatable bonds is 6. The van der Waals surface area contributed by atoms with E-state index in [0.29, 0.717) is 0 Å². The molecule has 0 saturated heterocycles. The van der Waals surface area contributed by atoms with Crippen molar-refractivity contribution in [2.24, 2.45) is 0 Å². The molecule has 146 valence electrons. The maximum absolute atomic E-state index is 2.39. The number of nitrogens with zero attached hydrogens (tertiary/aromatic N) is 1. The number of hydrogen-bond donors (Lipinski definition) is 0. The Morgan fingerprint density at radius 2 is 0.607 bits per heavy atom. The van der Waals surface area contributed by atoms with Gasteiger partial charge in [-0.15, -0.1) is 0 Å². The van der Waals surface area contributed by atoms with E-state index in [1.54, 1.807) is 0 Å². The van der Waals surface area contributed by atoms with Gasteiger partial charge in [0.05, 0.1) is 26.4 Å². The van der Waals surface area contributed by atoms with E-state index in [9.17, 15) is 0 Å². The van der Waals surface area contributed by atoms with Crippen molar-refractivity contribution in [1.82, 2.24) is 0 Å². The zero-order valence-electron chi connectivity index (χ0n) is 18.1. The molecular weight excluding hydrogens is 387 g/mol. The van der Waals surface area contributed by atoms with E-state index in [-0.39, 0.29) is 0 Å². The first-order valence-electron chi connectivity index (χ1n) is 10.5. The Morgan fingerprint density at radius 1 is 0.393 bits per heavy atom. The summed E-state index contributed by atoms with van der Waals surface area (Å²) in [4.78, 5) is 2.39. The zero-order valence-corrected chi connectivity index (χ0v) is 21.6. The fourth-order valence-electron chi connectivity index (χ4n) is 3.47. The van der Waals surface area contributed by atoms with Gasteiger partial charge in [-0.25, -0.2) is 0 Å². The Hall–Kier alpha value is -1.89. The quantitative estimate of drug-likeness (QED) is 0.540. The van der Waals surface area contributed by atoms with Gasteiger partial charge in [-0.05, 0) is 36.4 Å². The van der Waals surface area contributed by atoms with Gasteiger partial charge in [0, 0.05) is 17.1 Å². The maximum Gasteiger partial charge on any atom is 0.0647 e. The highest BCUT2D eigenvalue weighted by atomic mass is 28.3. The molecule has 3 rings (SSSR count). The summed E-state index contributed by atoms with van der Waals surface area (Å²) in [6, 6.07) is 27.7. The largest absolute Gasteiger partial charge is 0.311 e. The molecule has 0 atom stereocenters. The fraction of sp³-hybridized carbons (Fsp3) is 0.250. The van der Waals surface area contributed by atoms with Crippen molar-refractivity contribution in [3.8, 4) is 0 Å². The molecule has 0 spiro atoms. The predicted molar refractivity (Wildman–Crippen MR) is 137 cm³/mol. The third-order valence-corrected chi connectivity index (χ3v) is 10.6. The molecule has 3 aromatic carbocycles. The Bertz CT molecular complexity index is 760. The number of anilines is 3. The first-order valence-corrected chi connectivity index (χ1v) is 19.1. The van der Waals surface area contributed by atoms with Crippen LogP contribution in [0.2, 0.25) is 39.3 Å². The molecule has 28 heavy (non-hydrogen) atoms. The van der Waals surface area contributed by atoms with Crippen molar-refractivity contribution in [2.45, 2.75) is 39.3 Å². The molecule has 0 bridgehead atoms. The average molecular weight is 420 g/mol. The lowest BCUT2D eigenvalue weighted by Gasteiger charge is -2.26. The minimum atomic E-state index is -0.774. The Balaban J connectivity index is 2.04. The lowest BCUT2D eigenvalue weighted by molar-refractivity contribution is 1.29. The average Bonchev–Trinajstić information content (AvgIpc) is 2.69. The van der Waals surface area contributed by atoms with E-state index in [4.69, 9.17) is 0 Å². The monoisotopic (exact) mass is 419 g/mol. The topological polar surface area (TPSA) is 3.24 Å². The molecular formula is C24H33NSi3. The molecule has 0 aliphatic heterocycles. The minimum Gasteiger partial charge on any atom is -0.311 e. The predicted octanol–water partition coefficient (Wildman–Crippen LogP) is 4.24. The lowest BCUT2D eigenvalue weighted by Crippen LogP contribution is -2.24. The van der Waals surface area contributed by atoms with Crippen LogP contribution in [0.4, 0.5) is 17.1 Å². The van der Waals surface area contributed by atoms with Crippen LogP contribution in [-0.2, 0) is 0 Å². The van der Waals surface area contributed by atoms with Crippen LogP contribution >= 0.6 is 0 Å². The second-order valence-electron chi connectivity index (χ2n) is 8.57. The van der Waals surface area contributed by atoms with Crippen molar-refractivity contribution in [3.63, 3.8) is 0 Å². The molecule has 1 nitrogen and oxygen atoms in total. The molecule has 0 aliphatic carbocycles. The molecule has 0 heterocycles. The summed E-state index contributed by atoms with van der Waals surface area (Å²) in [5.41, 5.74) is 3.72. The van der Waals surface area contributed by atoms with Crippen LogP contribution in [0.15, 0.2) is 72.8 Å². The zero-order chi connectivity index (χ0) is 20.3. The first-order chi connectivity index (χ1) is 13.4. The van der Waals surface area contributed by atoms with Gasteiger partial charge in [0.15, 0.2) is 0 Å². The SMILES string of the molecule is C[SiH](C)c1ccc(N(c2ccc([SiH](C)C)cc2)c2ccc([SiH](C)C)cc2)cc1. The molecule has 0 unspecified atom stereocenters. The molecule has 0 aliphatic rings. The van der Waals surface area contributed by atoms with Crippen LogP contribution in [0.5, 0.6) is 0 Å². The summed E-state index contributed by atoms with van der Waals surface area (Å²) in [5.74, 6) is 0. The lowest BCUT2D eigenvalue weighted by atomic mass is 10.2. The van der Waals surface area contributed by atoms with Gasteiger partial charge in [0.1, 0.15) is 0 Å². The molecule has 0 fully saturated rings. The normalized spacial score (nSPS) is 11.5. The molecule has 4 heteroatoms. The molecule has 3 aromatic rings. The molecule has 0 radical (unpaired) electrons. The third kappa shape index (κ3) is 4.74. The van der Waals surface area contributed by atoms with E-state index in [1.165, 1.54) is 32.6 Å². The smallest absolute Gasteiger partial charge is 0.0647 e. The van der Waals surface area contributed by atoms with Gasteiger partial charge in [0.25, 0.3) is 0 Å². The number of benzene rings is 3. The highest BCUT2D eigenvalue weighted by molar-refractivity contribution is 6.71. The van der Waals surface area contributed by atoms with Crippen molar-refractivity contribution in [2.75, 3.05) is 4.90 Å². The summed E-state index contributed by atoms with van der Waals surface area (Å²) in [6.45, 7) is 14.3. The molecule has 0 amide bonds. The molecule has 0 N–H and O–H groups in total. The van der Waals surface area contributed by atoms with Crippen LogP contribution in [-0.4, -0.2) is 26.4 Å². The summed E-state index contributed by atoms with van der Waals surface area (Å²) >= 11 is 0. The summed E-state index contributed by atoms with van der Waals surface area (Å²) in [7, 11) is -2.32. The van der Waals surface area contributed by atoms with Crippen molar-refractivity contribution in [1.29, 1.82) is 0 Å². The second kappa shape index (κ2) is 9.07. The van der Waals surface area contributed by atoms with Gasteiger partial charge < -0.3 is 4.90 Å². The van der Waals surface area contributed by atoms with Crippen LogP contribution in [0.3, 0.4) is 0 Å². The van der Waals surface area contributed by atoms with E-state index >= 15 is 0 Å². The van der Waals surface area contributed by atoms with E-state index < -0.39 is 26.4 Å². The van der Waals surface area contributed by atoms with Gasteiger partial charge in [0.2, 0.25) is 0 Å². The highest BCUT2D eigenvalue weighted by Crippen LogP contribution is 2.33. The Labute approximate surface area is 175 Å². The Morgan fingerprint density at radius 3 is 0.786 bits per heavy atom. The van der Waals surface area contributed by atoms with E-state index in [0.717, 1.165) is 0 Å². The summed E-state index contributed by atoms with van der Waals surface area (Å²) in [6.07, 6.45) is 0. The maximum atomic E-state index is 2.39. The van der Waals surface area contributed by atoms with Crippen molar-refractivity contribution >= 4 is 59.0 Å². The standard InChI is InChI=1S/C24H33NSi3/c1-26(2)22-13-7-19(8-14-22)25(20-9-15-23(16-10-20)27(3)4)21-11-17-24(18-12-21)28(5)6/h7-18,26-28H,1-6H3. The molecule has 0 saturated carbocycles. The van der Waals surface area contributed by atoms with Gasteiger partial charge in [-0.2, -0.15) is 0 Å². The summed E-state index contributed by atoms with van der Waals surface area (Å²) in [5, 5.41) is 4.56. The van der Waals surface area contributed by atoms with E-state index in [1.807, 2.05) is 0 Å². The second-order valence-corrected chi connectivity index (χ2v) is 17.5. The van der Waals surface area contributed by atoms with Crippen molar-refractivity contribution in [3.05, 3.63) is 72.8 Å². The minimum absolute atomic E-state index is 0.774. The van der Waals surface area contributed by atoms with Crippen LogP contribution in [0.1, 0.15) is 0 Å². The third-order valence-electron chi connectivity index (χ3n) is 5.45. The first kappa shape index (κ1) is 20.8. The Kier molecular flexibility index (Phi) is 6.75. The highest BCUT2D eigenvalue weighted by Gasteiger charge is 2.14. The van der Waals surface area contributed by atoms with Gasteiger partial charge in [-0.1, -0.05) is 91.2 Å². The van der Waals surface area contributed by atoms with E-state index in [2.05, 4.69) is 117 Å². The van der Waals surface area contributed by atoms with Gasteiger partial charge in [-0.3, -0.25) is 0 Å². The number of hydrogen-bond acceptors (Lipinski definition) is 1.